The maximum Gasteiger partial charge on any atom is 0.251 e. The number of hydrogen-bond acceptors (Lipinski definition) is 4. The molecule has 3 unspecified atom stereocenters. The summed E-state index contributed by atoms with van der Waals surface area (Å²) in [5, 5.41) is 4.36. The number of aromatic nitrogens is 1. The largest absolute Gasteiger partial charge is 0.348 e. The van der Waals surface area contributed by atoms with Crippen LogP contribution in [0.5, 0.6) is 0 Å². The third-order valence-corrected chi connectivity index (χ3v) is 5.62. The second-order valence-corrected chi connectivity index (χ2v) is 7.10. The number of carbonyl (C=O) groups is 1. The summed E-state index contributed by atoms with van der Waals surface area (Å²) in [5.74, 6) is 0.825. The van der Waals surface area contributed by atoms with Crippen LogP contribution in [-0.4, -0.2) is 40.9 Å². The Labute approximate surface area is 128 Å². The molecular formula is C16H19N3OS. The fourth-order valence-electron chi connectivity index (χ4n) is 3.64. The van der Waals surface area contributed by atoms with Crippen LogP contribution < -0.4 is 5.32 Å². The van der Waals surface area contributed by atoms with Crippen LogP contribution >= 0.6 is 11.5 Å². The molecule has 2 bridgehead atoms. The Hall–Kier alpha value is -1.46. The number of piperidine rings is 1. The van der Waals surface area contributed by atoms with E-state index in [2.05, 4.69) is 14.6 Å². The molecule has 1 aromatic carbocycles. The van der Waals surface area contributed by atoms with Gasteiger partial charge in [0.05, 0.1) is 10.4 Å². The highest BCUT2D eigenvalue weighted by molar-refractivity contribution is 7.13. The summed E-state index contributed by atoms with van der Waals surface area (Å²) in [6.45, 7) is 5.43. The maximum atomic E-state index is 12.5. The topological polar surface area (TPSA) is 45.2 Å². The molecule has 0 radical (unpaired) electrons. The van der Waals surface area contributed by atoms with Crippen molar-refractivity contribution in [1.82, 2.24) is 14.6 Å². The Bertz CT molecular complexity index is 684. The first-order valence-corrected chi connectivity index (χ1v) is 8.35. The summed E-state index contributed by atoms with van der Waals surface area (Å²) in [7, 11) is 0. The molecule has 2 aliphatic heterocycles. The summed E-state index contributed by atoms with van der Waals surface area (Å²) >= 11 is 1.46. The van der Waals surface area contributed by atoms with Crippen molar-refractivity contribution in [1.29, 1.82) is 0 Å². The van der Waals surface area contributed by atoms with Crippen molar-refractivity contribution in [2.24, 2.45) is 5.92 Å². The average molecular weight is 301 g/mol. The third-order valence-electron chi connectivity index (χ3n) is 4.72. The van der Waals surface area contributed by atoms with Gasteiger partial charge < -0.3 is 10.2 Å². The Morgan fingerprint density at radius 3 is 3.19 bits per heavy atom. The summed E-state index contributed by atoms with van der Waals surface area (Å²) < 4.78 is 5.43. The van der Waals surface area contributed by atoms with Gasteiger partial charge in [-0.05, 0) is 55.9 Å². The van der Waals surface area contributed by atoms with Gasteiger partial charge in [0.25, 0.3) is 5.91 Å². The van der Waals surface area contributed by atoms with E-state index >= 15 is 0 Å². The van der Waals surface area contributed by atoms with Crippen molar-refractivity contribution in [2.45, 2.75) is 25.8 Å². The molecule has 110 valence electrons. The first kappa shape index (κ1) is 13.2. The number of benzene rings is 1. The second-order valence-electron chi connectivity index (χ2n) is 6.30. The quantitative estimate of drug-likeness (QED) is 0.926. The number of nitrogens with one attached hydrogen (secondary N) is 1. The molecule has 4 rings (SSSR count). The van der Waals surface area contributed by atoms with Crippen LogP contribution in [0.3, 0.4) is 0 Å². The minimum atomic E-state index is 0.0513. The van der Waals surface area contributed by atoms with Gasteiger partial charge in [-0.1, -0.05) is 6.07 Å². The zero-order chi connectivity index (χ0) is 14.4. The number of fused-ring (bicyclic) bond motifs is 3. The van der Waals surface area contributed by atoms with Crippen molar-refractivity contribution in [3.63, 3.8) is 0 Å². The Morgan fingerprint density at radius 2 is 2.33 bits per heavy atom. The molecule has 4 nitrogen and oxygen atoms in total. The summed E-state index contributed by atoms with van der Waals surface area (Å²) in [5.41, 5.74) is 1.79. The van der Waals surface area contributed by atoms with Gasteiger partial charge in [0, 0.05) is 30.1 Å². The van der Waals surface area contributed by atoms with Gasteiger partial charge in [-0.15, -0.1) is 0 Å². The molecule has 1 N–H and O–H groups in total. The van der Waals surface area contributed by atoms with Gasteiger partial charge in [-0.3, -0.25) is 4.79 Å². The monoisotopic (exact) mass is 301 g/mol. The lowest BCUT2D eigenvalue weighted by molar-refractivity contribution is 0.0909. The molecular weight excluding hydrogens is 282 g/mol. The smallest absolute Gasteiger partial charge is 0.251 e. The molecule has 0 aliphatic carbocycles. The third kappa shape index (κ3) is 2.45. The average Bonchev–Trinajstić information content (AvgIpc) is 3.02. The van der Waals surface area contributed by atoms with Crippen molar-refractivity contribution in [3.8, 4) is 0 Å². The molecule has 2 fully saturated rings. The zero-order valence-electron chi connectivity index (χ0n) is 12.1. The van der Waals surface area contributed by atoms with Crippen molar-refractivity contribution in [2.75, 3.05) is 19.6 Å². The molecule has 5 heteroatoms. The summed E-state index contributed by atoms with van der Waals surface area (Å²) in [6, 6.07) is 6.19. The zero-order valence-corrected chi connectivity index (χ0v) is 12.9. The van der Waals surface area contributed by atoms with E-state index in [-0.39, 0.29) is 5.91 Å². The SMILES string of the molecule is Cc1nsc2cc(C(=O)NC3CC4CCN(C4)C3)ccc12. The van der Waals surface area contributed by atoms with Crippen LogP contribution in [0.1, 0.15) is 28.9 Å². The maximum absolute atomic E-state index is 12.5. The van der Waals surface area contributed by atoms with Crippen LogP contribution in [0.2, 0.25) is 0 Å². The van der Waals surface area contributed by atoms with Gasteiger partial charge in [0.2, 0.25) is 0 Å². The van der Waals surface area contributed by atoms with Crippen LogP contribution in [0.15, 0.2) is 18.2 Å². The van der Waals surface area contributed by atoms with Gasteiger partial charge >= 0.3 is 0 Å². The normalized spacial score (nSPS) is 28.0. The number of amides is 1. The molecule has 21 heavy (non-hydrogen) atoms. The highest BCUT2D eigenvalue weighted by Gasteiger charge is 2.32. The van der Waals surface area contributed by atoms with Crippen LogP contribution in [0.4, 0.5) is 0 Å². The number of aryl methyl sites for hydroxylation is 1. The first-order valence-electron chi connectivity index (χ1n) is 7.58. The molecule has 2 saturated heterocycles. The standard InChI is InChI=1S/C16H19N3OS/c1-10-14-3-2-12(7-15(14)21-18-10)16(20)17-13-6-11-4-5-19(8-11)9-13/h2-3,7,11,13H,4-6,8-9H2,1H3,(H,17,20). The summed E-state index contributed by atoms with van der Waals surface area (Å²) in [4.78, 5) is 14.9. The lowest BCUT2D eigenvalue weighted by Crippen LogP contribution is -2.47. The van der Waals surface area contributed by atoms with Crippen LogP contribution in [0.25, 0.3) is 10.1 Å². The van der Waals surface area contributed by atoms with Crippen LogP contribution in [0, 0.1) is 12.8 Å². The van der Waals surface area contributed by atoms with E-state index in [1.807, 2.05) is 25.1 Å². The highest BCUT2D eigenvalue weighted by atomic mass is 32.1. The number of hydrogen-bond donors (Lipinski definition) is 1. The molecule has 2 aromatic rings. The van der Waals surface area contributed by atoms with E-state index in [4.69, 9.17) is 0 Å². The van der Waals surface area contributed by atoms with Crippen molar-refractivity contribution < 1.29 is 4.79 Å². The predicted octanol–water partition coefficient (Wildman–Crippen LogP) is 2.43. The minimum absolute atomic E-state index is 0.0513. The molecule has 2 aliphatic rings. The van der Waals surface area contributed by atoms with E-state index in [0.29, 0.717) is 6.04 Å². The Kier molecular flexibility index (Phi) is 3.19. The van der Waals surface area contributed by atoms with E-state index in [1.54, 1.807) is 0 Å². The van der Waals surface area contributed by atoms with E-state index in [1.165, 1.54) is 31.0 Å². The van der Waals surface area contributed by atoms with Gasteiger partial charge in [-0.25, -0.2) is 0 Å². The van der Waals surface area contributed by atoms with E-state index < -0.39 is 0 Å². The molecule has 0 saturated carbocycles. The molecule has 1 amide bonds. The highest BCUT2D eigenvalue weighted by Crippen LogP contribution is 2.27. The fourth-order valence-corrected chi connectivity index (χ4v) is 4.47. The molecule has 3 heterocycles. The van der Waals surface area contributed by atoms with Crippen molar-refractivity contribution >= 4 is 27.5 Å². The molecule has 0 spiro atoms. The summed E-state index contributed by atoms with van der Waals surface area (Å²) in [6.07, 6.45) is 2.42. The van der Waals surface area contributed by atoms with Crippen molar-refractivity contribution in [3.05, 3.63) is 29.5 Å². The number of rotatable bonds is 2. The number of nitrogens with zero attached hydrogens (tertiary/aromatic N) is 2. The van der Waals surface area contributed by atoms with E-state index in [9.17, 15) is 4.79 Å². The van der Waals surface area contributed by atoms with Gasteiger partial charge in [-0.2, -0.15) is 4.37 Å². The number of carbonyl (C=O) groups excluding carboxylic acids is 1. The minimum Gasteiger partial charge on any atom is -0.348 e. The Balaban J connectivity index is 1.50. The van der Waals surface area contributed by atoms with Gasteiger partial charge in [0.1, 0.15) is 0 Å². The molecule has 1 aromatic heterocycles. The lowest BCUT2D eigenvalue weighted by Gasteiger charge is -2.30. The first-order chi connectivity index (χ1) is 10.2. The fraction of sp³-hybridized carbons (Fsp3) is 0.500. The second kappa shape index (κ2) is 5.07. The predicted molar refractivity (Wildman–Crippen MR) is 84.8 cm³/mol. The van der Waals surface area contributed by atoms with Crippen LogP contribution in [-0.2, 0) is 0 Å². The molecule has 3 atom stereocenters. The van der Waals surface area contributed by atoms with Gasteiger partial charge in [0.15, 0.2) is 0 Å². The Morgan fingerprint density at radius 1 is 1.43 bits per heavy atom. The lowest BCUT2D eigenvalue weighted by atomic mass is 9.96. The van der Waals surface area contributed by atoms with E-state index in [0.717, 1.165) is 40.2 Å².